The van der Waals surface area contributed by atoms with Crippen LogP contribution in [0.1, 0.15) is 24.9 Å². The van der Waals surface area contributed by atoms with E-state index in [2.05, 4.69) is 17.9 Å². The molecule has 2 atom stereocenters. The molecule has 1 heterocycles. The minimum Gasteiger partial charge on any atom is -0.379 e. The van der Waals surface area contributed by atoms with E-state index in [4.69, 9.17) is 22.1 Å². The third-order valence-corrected chi connectivity index (χ3v) is 3.74. The van der Waals surface area contributed by atoms with Gasteiger partial charge in [0.05, 0.1) is 19.3 Å². The van der Waals surface area contributed by atoms with Gasteiger partial charge in [0, 0.05) is 24.2 Å². The Morgan fingerprint density at radius 2 is 2.11 bits per heavy atom. The largest absolute Gasteiger partial charge is 0.379 e. The predicted molar refractivity (Wildman–Crippen MR) is 74.9 cm³/mol. The van der Waals surface area contributed by atoms with E-state index in [0.29, 0.717) is 0 Å². The van der Waals surface area contributed by atoms with Crippen LogP contribution in [0.3, 0.4) is 0 Å². The van der Waals surface area contributed by atoms with Gasteiger partial charge in [-0.15, -0.1) is 0 Å². The van der Waals surface area contributed by atoms with Crippen molar-refractivity contribution >= 4 is 11.6 Å². The first kappa shape index (κ1) is 13.8. The van der Waals surface area contributed by atoms with Crippen LogP contribution in [-0.2, 0) is 4.74 Å². The third kappa shape index (κ3) is 3.23. The molecule has 0 amide bonds. The lowest BCUT2D eigenvalue weighted by Crippen LogP contribution is -2.46. The molecule has 0 saturated carbocycles. The quantitative estimate of drug-likeness (QED) is 0.912. The number of nitrogens with zero attached hydrogens (tertiary/aromatic N) is 1. The third-order valence-electron chi connectivity index (χ3n) is 3.51. The van der Waals surface area contributed by atoms with Gasteiger partial charge in [0.15, 0.2) is 0 Å². The fourth-order valence-electron chi connectivity index (χ4n) is 2.50. The highest BCUT2D eigenvalue weighted by Gasteiger charge is 2.27. The van der Waals surface area contributed by atoms with E-state index in [9.17, 15) is 0 Å². The Bertz CT molecular complexity index is 380. The molecule has 0 spiro atoms. The van der Waals surface area contributed by atoms with Gasteiger partial charge in [-0.25, -0.2) is 0 Å². The Hall–Kier alpha value is -0.610. The average molecular weight is 269 g/mol. The number of hydrogen-bond acceptors (Lipinski definition) is 3. The van der Waals surface area contributed by atoms with Crippen molar-refractivity contribution < 1.29 is 4.74 Å². The Kier molecular flexibility index (Phi) is 5.01. The van der Waals surface area contributed by atoms with Crippen molar-refractivity contribution in [1.29, 1.82) is 0 Å². The highest BCUT2D eigenvalue weighted by Crippen LogP contribution is 2.27. The summed E-state index contributed by atoms with van der Waals surface area (Å²) in [5.74, 6) is 0. The first-order chi connectivity index (χ1) is 8.72. The molecule has 3 nitrogen and oxygen atoms in total. The van der Waals surface area contributed by atoms with E-state index in [1.54, 1.807) is 0 Å². The van der Waals surface area contributed by atoms with E-state index in [-0.39, 0.29) is 12.1 Å². The van der Waals surface area contributed by atoms with Gasteiger partial charge >= 0.3 is 0 Å². The standard InChI is InChI=1S/C14H21ClN2O/c1-2-13(16)14(17-6-8-18-9-7-17)11-4-3-5-12(15)10-11/h3-5,10,13-14H,2,6-9,16H2,1H3. The predicted octanol–water partition coefficient (Wildman–Crippen LogP) is 2.45. The van der Waals surface area contributed by atoms with E-state index in [0.717, 1.165) is 37.7 Å². The Morgan fingerprint density at radius 1 is 1.39 bits per heavy atom. The fraction of sp³-hybridized carbons (Fsp3) is 0.571. The summed E-state index contributed by atoms with van der Waals surface area (Å²) in [6, 6.07) is 8.39. The monoisotopic (exact) mass is 268 g/mol. The van der Waals surface area contributed by atoms with Crippen LogP contribution in [0, 0.1) is 0 Å². The molecular weight excluding hydrogens is 248 g/mol. The van der Waals surface area contributed by atoms with Gasteiger partial charge in [0.25, 0.3) is 0 Å². The summed E-state index contributed by atoms with van der Waals surface area (Å²) < 4.78 is 5.41. The van der Waals surface area contributed by atoms with Crippen LogP contribution in [0.15, 0.2) is 24.3 Å². The number of halogens is 1. The molecule has 1 saturated heterocycles. The lowest BCUT2D eigenvalue weighted by molar-refractivity contribution is 0.0101. The molecule has 1 fully saturated rings. The zero-order valence-corrected chi connectivity index (χ0v) is 11.6. The number of hydrogen-bond donors (Lipinski definition) is 1. The van der Waals surface area contributed by atoms with Gasteiger partial charge in [-0.3, -0.25) is 4.90 Å². The van der Waals surface area contributed by atoms with Gasteiger partial charge in [0.2, 0.25) is 0 Å². The highest BCUT2D eigenvalue weighted by atomic mass is 35.5. The summed E-state index contributed by atoms with van der Waals surface area (Å²) in [7, 11) is 0. The van der Waals surface area contributed by atoms with Gasteiger partial charge in [-0.2, -0.15) is 0 Å². The van der Waals surface area contributed by atoms with Crippen molar-refractivity contribution in [1.82, 2.24) is 4.90 Å². The first-order valence-corrected chi connectivity index (χ1v) is 6.93. The van der Waals surface area contributed by atoms with Crippen LogP contribution in [0.4, 0.5) is 0 Å². The topological polar surface area (TPSA) is 38.5 Å². The van der Waals surface area contributed by atoms with Crippen molar-refractivity contribution in [3.63, 3.8) is 0 Å². The van der Waals surface area contributed by atoms with Crippen molar-refractivity contribution in [3.8, 4) is 0 Å². The zero-order valence-electron chi connectivity index (χ0n) is 10.8. The number of benzene rings is 1. The molecule has 0 aliphatic carbocycles. The second-order valence-corrected chi connectivity index (χ2v) is 5.16. The Morgan fingerprint density at radius 3 is 2.72 bits per heavy atom. The SMILES string of the molecule is CCC(N)C(c1cccc(Cl)c1)N1CCOCC1. The fourth-order valence-corrected chi connectivity index (χ4v) is 2.70. The van der Waals surface area contributed by atoms with Crippen molar-refractivity contribution in [2.75, 3.05) is 26.3 Å². The second-order valence-electron chi connectivity index (χ2n) is 4.72. The maximum absolute atomic E-state index is 6.30. The summed E-state index contributed by atoms with van der Waals surface area (Å²) in [6.07, 6.45) is 0.953. The number of nitrogens with two attached hydrogens (primary N) is 1. The van der Waals surface area contributed by atoms with Crippen LogP contribution in [0.2, 0.25) is 5.02 Å². The van der Waals surface area contributed by atoms with Crippen LogP contribution >= 0.6 is 11.6 Å². The smallest absolute Gasteiger partial charge is 0.0594 e. The first-order valence-electron chi connectivity index (χ1n) is 6.55. The van der Waals surface area contributed by atoms with E-state index in [1.807, 2.05) is 18.2 Å². The molecule has 0 bridgehead atoms. The summed E-state index contributed by atoms with van der Waals surface area (Å²) in [4.78, 5) is 2.41. The van der Waals surface area contributed by atoms with E-state index < -0.39 is 0 Å². The lowest BCUT2D eigenvalue weighted by Gasteiger charge is -2.37. The lowest BCUT2D eigenvalue weighted by atomic mass is 9.96. The van der Waals surface area contributed by atoms with Crippen LogP contribution in [-0.4, -0.2) is 37.2 Å². The maximum Gasteiger partial charge on any atom is 0.0594 e. The van der Waals surface area contributed by atoms with Crippen LogP contribution < -0.4 is 5.73 Å². The van der Waals surface area contributed by atoms with Gasteiger partial charge in [-0.1, -0.05) is 30.7 Å². The minimum atomic E-state index is 0.126. The molecule has 4 heteroatoms. The molecule has 0 aromatic heterocycles. The number of ether oxygens (including phenoxy) is 1. The summed E-state index contributed by atoms with van der Waals surface area (Å²) in [6.45, 7) is 5.57. The average Bonchev–Trinajstić information content (AvgIpc) is 2.40. The highest BCUT2D eigenvalue weighted by molar-refractivity contribution is 6.30. The van der Waals surface area contributed by atoms with E-state index >= 15 is 0 Å². The molecule has 1 aliphatic heterocycles. The van der Waals surface area contributed by atoms with Crippen molar-refractivity contribution in [2.24, 2.45) is 5.73 Å². The second kappa shape index (κ2) is 6.53. The van der Waals surface area contributed by atoms with Gasteiger partial charge in [0.1, 0.15) is 0 Å². The molecular formula is C14H21ClN2O. The maximum atomic E-state index is 6.30. The van der Waals surface area contributed by atoms with Crippen molar-refractivity contribution in [2.45, 2.75) is 25.4 Å². The van der Waals surface area contributed by atoms with Crippen molar-refractivity contribution in [3.05, 3.63) is 34.9 Å². The molecule has 2 N–H and O–H groups in total. The van der Waals surface area contributed by atoms with Gasteiger partial charge in [-0.05, 0) is 24.1 Å². The molecule has 2 unspecified atom stereocenters. The van der Waals surface area contributed by atoms with Gasteiger partial charge < -0.3 is 10.5 Å². The molecule has 1 aromatic rings. The van der Waals surface area contributed by atoms with E-state index in [1.165, 1.54) is 5.56 Å². The minimum absolute atomic E-state index is 0.126. The number of morpholine rings is 1. The molecule has 1 aromatic carbocycles. The number of rotatable bonds is 4. The molecule has 2 rings (SSSR count). The molecule has 18 heavy (non-hydrogen) atoms. The summed E-state index contributed by atoms with van der Waals surface area (Å²) in [5.41, 5.74) is 7.51. The summed E-state index contributed by atoms with van der Waals surface area (Å²) >= 11 is 6.09. The Labute approximate surface area is 114 Å². The molecule has 1 aliphatic rings. The van der Waals surface area contributed by atoms with Crippen LogP contribution in [0.25, 0.3) is 0 Å². The Balaban J connectivity index is 2.23. The molecule has 100 valence electrons. The zero-order chi connectivity index (χ0) is 13.0. The van der Waals surface area contributed by atoms with Crippen LogP contribution in [0.5, 0.6) is 0 Å². The molecule has 0 radical (unpaired) electrons. The normalized spacial score (nSPS) is 20.6. The summed E-state index contributed by atoms with van der Waals surface area (Å²) in [5, 5.41) is 0.772.